The van der Waals surface area contributed by atoms with E-state index in [9.17, 15) is 14.7 Å². The van der Waals surface area contributed by atoms with Crippen LogP contribution in [0.15, 0.2) is 28.7 Å². The van der Waals surface area contributed by atoms with Crippen LogP contribution >= 0.6 is 15.9 Å². The van der Waals surface area contributed by atoms with Gasteiger partial charge in [-0.15, -0.1) is 0 Å². The normalized spacial score (nSPS) is 19.1. The average Bonchev–Trinajstić information content (AvgIpc) is 2.47. The Morgan fingerprint density at radius 1 is 1.24 bits per heavy atom. The molecule has 1 heterocycles. The lowest BCUT2D eigenvalue weighted by molar-refractivity contribution is -0.165. The molecular weight excluding hydrogens is 338 g/mol. The van der Waals surface area contributed by atoms with Crippen molar-refractivity contribution in [3.63, 3.8) is 0 Å². The number of carbonyl (C=O) groups excluding carboxylic acids is 1. The number of rotatable bonds is 3. The predicted octanol–water partition coefficient (Wildman–Crippen LogP) is 1.99. The van der Waals surface area contributed by atoms with E-state index in [0.717, 1.165) is 10.0 Å². The van der Waals surface area contributed by atoms with Crippen LogP contribution in [0.25, 0.3) is 0 Å². The van der Waals surface area contributed by atoms with Crippen molar-refractivity contribution >= 4 is 27.8 Å². The van der Waals surface area contributed by atoms with E-state index >= 15 is 0 Å². The van der Waals surface area contributed by atoms with Crippen molar-refractivity contribution in [2.45, 2.75) is 31.3 Å². The fourth-order valence-corrected chi connectivity index (χ4v) is 2.74. The van der Waals surface area contributed by atoms with Crippen molar-refractivity contribution in [3.8, 4) is 0 Å². The number of aliphatic hydroxyl groups is 1. The smallest absolute Gasteiger partial charge is 0.335 e. The zero-order chi connectivity index (χ0) is 15.6. The standard InChI is InChI=1S/C15H18BrNO4/c1-10(11-2-4-12(16)5-3-11)13(18)17-8-6-15(21,7-9-17)14(19)20/h2-5,10,21H,6-9H2,1H3,(H,19,20). The summed E-state index contributed by atoms with van der Waals surface area (Å²) in [5.41, 5.74) is -0.778. The van der Waals surface area contributed by atoms with Gasteiger partial charge in [0.15, 0.2) is 5.60 Å². The second-order valence-electron chi connectivity index (χ2n) is 5.44. The number of carboxylic acid groups (broad SMARTS) is 1. The Balaban J connectivity index is 2.01. The van der Waals surface area contributed by atoms with Crippen LogP contribution in [-0.4, -0.2) is 45.7 Å². The number of aliphatic carboxylic acids is 1. The van der Waals surface area contributed by atoms with Gasteiger partial charge in [0.25, 0.3) is 0 Å². The van der Waals surface area contributed by atoms with Gasteiger partial charge in [0.2, 0.25) is 5.91 Å². The van der Waals surface area contributed by atoms with Crippen molar-refractivity contribution in [1.82, 2.24) is 4.90 Å². The Morgan fingerprint density at radius 2 is 1.76 bits per heavy atom. The molecule has 1 aromatic carbocycles. The van der Waals surface area contributed by atoms with E-state index < -0.39 is 11.6 Å². The van der Waals surface area contributed by atoms with Crippen LogP contribution in [0.2, 0.25) is 0 Å². The van der Waals surface area contributed by atoms with Crippen molar-refractivity contribution in [3.05, 3.63) is 34.3 Å². The fraction of sp³-hybridized carbons (Fsp3) is 0.467. The number of hydrogen-bond acceptors (Lipinski definition) is 3. The van der Waals surface area contributed by atoms with E-state index in [-0.39, 0.29) is 37.8 Å². The summed E-state index contributed by atoms with van der Waals surface area (Å²) in [6, 6.07) is 7.56. The molecule has 1 amide bonds. The summed E-state index contributed by atoms with van der Waals surface area (Å²) in [5, 5.41) is 18.9. The first-order chi connectivity index (χ1) is 9.83. The Kier molecular flexibility index (Phi) is 4.68. The van der Waals surface area contributed by atoms with E-state index in [1.165, 1.54) is 0 Å². The number of amides is 1. The maximum atomic E-state index is 12.4. The summed E-state index contributed by atoms with van der Waals surface area (Å²) >= 11 is 3.36. The Labute approximate surface area is 131 Å². The molecule has 1 aromatic rings. The van der Waals surface area contributed by atoms with E-state index in [2.05, 4.69) is 15.9 Å². The molecule has 1 unspecified atom stereocenters. The van der Waals surface area contributed by atoms with E-state index in [4.69, 9.17) is 5.11 Å². The number of carboxylic acids is 1. The average molecular weight is 356 g/mol. The SMILES string of the molecule is CC(C(=O)N1CCC(O)(C(=O)O)CC1)c1ccc(Br)cc1. The molecule has 2 N–H and O–H groups in total. The molecule has 1 atom stereocenters. The van der Waals surface area contributed by atoms with E-state index in [0.29, 0.717) is 0 Å². The quantitative estimate of drug-likeness (QED) is 0.868. The number of benzene rings is 1. The van der Waals surface area contributed by atoms with Gasteiger partial charge in [-0.05, 0) is 24.6 Å². The number of carbonyl (C=O) groups is 2. The number of piperidine rings is 1. The molecule has 1 fully saturated rings. The van der Waals surface area contributed by atoms with Crippen LogP contribution in [0.5, 0.6) is 0 Å². The Morgan fingerprint density at radius 3 is 2.24 bits per heavy atom. The van der Waals surface area contributed by atoms with Gasteiger partial charge in [-0.3, -0.25) is 4.79 Å². The first-order valence-corrected chi connectivity index (χ1v) is 7.63. The highest BCUT2D eigenvalue weighted by molar-refractivity contribution is 9.10. The van der Waals surface area contributed by atoms with Gasteiger partial charge >= 0.3 is 5.97 Å². The summed E-state index contributed by atoms with van der Waals surface area (Å²) in [4.78, 5) is 25.1. The van der Waals surface area contributed by atoms with Gasteiger partial charge in [-0.1, -0.05) is 28.1 Å². The van der Waals surface area contributed by atoms with Crippen LogP contribution in [0.1, 0.15) is 31.2 Å². The lowest BCUT2D eigenvalue weighted by atomic mass is 9.90. The molecule has 0 aliphatic carbocycles. The summed E-state index contributed by atoms with van der Waals surface area (Å²) in [6.07, 6.45) is 0.141. The van der Waals surface area contributed by atoms with Crippen molar-refractivity contribution in [2.75, 3.05) is 13.1 Å². The van der Waals surface area contributed by atoms with Crippen LogP contribution in [0, 0.1) is 0 Å². The first-order valence-electron chi connectivity index (χ1n) is 6.83. The lowest BCUT2D eigenvalue weighted by Crippen LogP contribution is -2.51. The third kappa shape index (κ3) is 3.44. The highest BCUT2D eigenvalue weighted by Crippen LogP contribution is 2.26. The molecule has 1 saturated heterocycles. The minimum Gasteiger partial charge on any atom is -0.479 e. The number of hydrogen-bond donors (Lipinski definition) is 2. The summed E-state index contributed by atoms with van der Waals surface area (Å²) in [6.45, 7) is 2.37. The second kappa shape index (κ2) is 6.15. The van der Waals surface area contributed by atoms with Crippen LogP contribution in [0.4, 0.5) is 0 Å². The Hall–Kier alpha value is -1.40. The van der Waals surface area contributed by atoms with Crippen LogP contribution < -0.4 is 0 Å². The van der Waals surface area contributed by atoms with Crippen molar-refractivity contribution in [1.29, 1.82) is 0 Å². The van der Waals surface area contributed by atoms with Gasteiger partial charge in [0.1, 0.15) is 0 Å². The topological polar surface area (TPSA) is 77.8 Å². The third-order valence-electron chi connectivity index (χ3n) is 4.04. The monoisotopic (exact) mass is 355 g/mol. The van der Waals surface area contributed by atoms with Gasteiger partial charge < -0.3 is 15.1 Å². The molecule has 0 saturated carbocycles. The molecule has 0 bridgehead atoms. The minimum absolute atomic E-state index is 0.0373. The molecule has 0 radical (unpaired) electrons. The molecular formula is C15H18BrNO4. The molecule has 1 aliphatic rings. The van der Waals surface area contributed by atoms with Gasteiger partial charge in [-0.25, -0.2) is 4.79 Å². The van der Waals surface area contributed by atoms with Crippen molar-refractivity contribution < 1.29 is 19.8 Å². The molecule has 21 heavy (non-hydrogen) atoms. The molecule has 6 heteroatoms. The highest BCUT2D eigenvalue weighted by atomic mass is 79.9. The lowest BCUT2D eigenvalue weighted by Gasteiger charge is -2.36. The molecule has 2 rings (SSSR count). The predicted molar refractivity (Wildman–Crippen MR) is 81.0 cm³/mol. The zero-order valence-electron chi connectivity index (χ0n) is 11.8. The second-order valence-corrected chi connectivity index (χ2v) is 6.35. The number of halogens is 1. The number of likely N-dealkylation sites (tertiary alicyclic amines) is 1. The van der Waals surface area contributed by atoms with Gasteiger partial charge in [-0.2, -0.15) is 0 Å². The summed E-state index contributed by atoms with van der Waals surface area (Å²) in [5.74, 6) is -1.53. The molecule has 114 valence electrons. The van der Waals surface area contributed by atoms with Gasteiger partial charge in [0, 0.05) is 30.4 Å². The largest absolute Gasteiger partial charge is 0.479 e. The first kappa shape index (κ1) is 16.0. The molecule has 0 aromatic heterocycles. The van der Waals surface area contributed by atoms with E-state index in [1.54, 1.807) is 4.90 Å². The highest BCUT2D eigenvalue weighted by Gasteiger charge is 2.41. The zero-order valence-corrected chi connectivity index (χ0v) is 13.3. The summed E-state index contributed by atoms with van der Waals surface area (Å²) in [7, 11) is 0. The summed E-state index contributed by atoms with van der Waals surface area (Å²) < 4.78 is 0.954. The molecule has 5 nitrogen and oxygen atoms in total. The van der Waals surface area contributed by atoms with E-state index in [1.807, 2.05) is 31.2 Å². The third-order valence-corrected chi connectivity index (χ3v) is 4.57. The molecule has 1 aliphatic heterocycles. The minimum atomic E-state index is -1.70. The van der Waals surface area contributed by atoms with Crippen molar-refractivity contribution in [2.24, 2.45) is 0 Å². The van der Waals surface area contributed by atoms with Crippen LogP contribution in [0.3, 0.4) is 0 Å². The number of nitrogens with zero attached hydrogens (tertiary/aromatic N) is 1. The maximum absolute atomic E-state index is 12.4. The molecule has 0 spiro atoms. The van der Waals surface area contributed by atoms with Gasteiger partial charge in [0.05, 0.1) is 5.92 Å². The van der Waals surface area contributed by atoms with Crippen LogP contribution in [-0.2, 0) is 9.59 Å². The Bertz CT molecular complexity index is 535. The maximum Gasteiger partial charge on any atom is 0.335 e. The fourth-order valence-electron chi connectivity index (χ4n) is 2.48.